The van der Waals surface area contributed by atoms with Crippen molar-refractivity contribution < 1.29 is 9.53 Å². The number of rotatable bonds is 9. The number of hydrogen-bond donors (Lipinski definition) is 2. The van der Waals surface area contributed by atoms with E-state index in [-0.39, 0.29) is 12.5 Å². The summed E-state index contributed by atoms with van der Waals surface area (Å²) in [6.07, 6.45) is 2.98. The molecule has 0 atom stereocenters. The highest BCUT2D eigenvalue weighted by Gasteiger charge is 2.20. The smallest absolute Gasteiger partial charge is 0.243 e. The molecule has 7 nitrogen and oxygen atoms in total. The van der Waals surface area contributed by atoms with Gasteiger partial charge in [-0.05, 0) is 38.3 Å². The van der Waals surface area contributed by atoms with E-state index in [0.717, 1.165) is 52.1 Å². The summed E-state index contributed by atoms with van der Waals surface area (Å²) in [5.41, 5.74) is 1.28. The van der Waals surface area contributed by atoms with Gasteiger partial charge in [-0.15, -0.1) is 0 Å². The molecule has 156 valence electrons. The SMILES string of the molecule is CCOCCCNC(=NCC(=O)N(C)C)NC1CCN(c2ccccc2)CC1. The molecule has 1 aromatic rings. The fourth-order valence-corrected chi connectivity index (χ4v) is 3.08. The summed E-state index contributed by atoms with van der Waals surface area (Å²) in [7, 11) is 3.50. The normalized spacial score (nSPS) is 15.4. The van der Waals surface area contributed by atoms with Gasteiger partial charge >= 0.3 is 0 Å². The van der Waals surface area contributed by atoms with E-state index >= 15 is 0 Å². The van der Waals surface area contributed by atoms with Crippen molar-refractivity contribution in [2.24, 2.45) is 4.99 Å². The third-order valence-corrected chi connectivity index (χ3v) is 4.79. The maximum Gasteiger partial charge on any atom is 0.243 e. The fraction of sp³-hybridized carbons (Fsp3) is 0.619. The van der Waals surface area contributed by atoms with Crippen LogP contribution in [-0.2, 0) is 9.53 Å². The Morgan fingerprint density at radius 1 is 1.25 bits per heavy atom. The average Bonchev–Trinajstić information content (AvgIpc) is 2.72. The van der Waals surface area contributed by atoms with Gasteiger partial charge in [-0.1, -0.05) is 18.2 Å². The predicted octanol–water partition coefficient (Wildman–Crippen LogP) is 1.71. The van der Waals surface area contributed by atoms with Crippen molar-refractivity contribution in [1.29, 1.82) is 0 Å². The van der Waals surface area contributed by atoms with Crippen molar-refractivity contribution in [2.75, 3.05) is 58.4 Å². The van der Waals surface area contributed by atoms with Gasteiger partial charge in [0.15, 0.2) is 5.96 Å². The molecule has 1 amide bonds. The number of likely N-dealkylation sites (N-methyl/N-ethyl adjacent to an activating group) is 1. The van der Waals surface area contributed by atoms with Crippen molar-refractivity contribution >= 4 is 17.6 Å². The minimum absolute atomic E-state index is 0.00527. The molecular formula is C21H35N5O2. The minimum atomic E-state index is -0.00527. The lowest BCUT2D eigenvalue weighted by Crippen LogP contribution is -2.49. The van der Waals surface area contributed by atoms with Gasteiger partial charge in [0.2, 0.25) is 5.91 Å². The van der Waals surface area contributed by atoms with Crippen molar-refractivity contribution in [2.45, 2.75) is 32.2 Å². The van der Waals surface area contributed by atoms with Crippen molar-refractivity contribution in [3.63, 3.8) is 0 Å². The molecule has 1 aliphatic rings. The molecule has 28 heavy (non-hydrogen) atoms. The highest BCUT2D eigenvalue weighted by atomic mass is 16.5. The number of piperidine rings is 1. The monoisotopic (exact) mass is 389 g/mol. The molecule has 1 fully saturated rings. The van der Waals surface area contributed by atoms with Crippen LogP contribution in [0.1, 0.15) is 26.2 Å². The molecule has 1 heterocycles. The van der Waals surface area contributed by atoms with Crippen molar-refractivity contribution in [1.82, 2.24) is 15.5 Å². The molecule has 0 radical (unpaired) electrons. The van der Waals surface area contributed by atoms with Crippen LogP contribution in [0.2, 0.25) is 0 Å². The number of ether oxygens (including phenoxy) is 1. The van der Waals surface area contributed by atoms with E-state index < -0.39 is 0 Å². The Balaban J connectivity index is 1.84. The van der Waals surface area contributed by atoms with Crippen LogP contribution in [0.4, 0.5) is 5.69 Å². The highest BCUT2D eigenvalue weighted by molar-refractivity contribution is 5.84. The number of hydrogen-bond acceptors (Lipinski definition) is 4. The van der Waals surface area contributed by atoms with Crippen LogP contribution in [0.25, 0.3) is 0 Å². The van der Waals surface area contributed by atoms with Crippen LogP contribution >= 0.6 is 0 Å². The van der Waals surface area contributed by atoms with Gasteiger partial charge in [-0.3, -0.25) is 4.79 Å². The molecule has 0 aliphatic carbocycles. The molecule has 2 rings (SSSR count). The van der Waals surface area contributed by atoms with Crippen LogP contribution in [0.5, 0.6) is 0 Å². The second-order valence-electron chi connectivity index (χ2n) is 7.17. The number of benzene rings is 1. The van der Waals surface area contributed by atoms with E-state index in [1.165, 1.54) is 5.69 Å². The van der Waals surface area contributed by atoms with Gasteiger partial charge in [0, 0.05) is 58.7 Å². The van der Waals surface area contributed by atoms with Crippen molar-refractivity contribution in [3.05, 3.63) is 30.3 Å². The summed E-state index contributed by atoms with van der Waals surface area (Å²) in [6, 6.07) is 10.9. The topological polar surface area (TPSA) is 69.2 Å². The Morgan fingerprint density at radius 3 is 2.61 bits per heavy atom. The molecule has 2 N–H and O–H groups in total. The van der Waals surface area contributed by atoms with E-state index in [0.29, 0.717) is 12.0 Å². The summed E-state index contributed by atoms with van der Waals surface area (Å²) in [4.78, 5) is 20.4. The average molecular weight is 390 g/mol. The number of guanidine groups is 1. The number of carbonyl (C=O) groups excluding carboxylic acids is 1. The van der Waals surface area contributed by atoms with Crippen LogP contribution in [0.3, 0.4) is 0 Å². The zero-order chi connectivity index (χ0) is 20.2. The fourth-order valence-electron chi connectivity index (χ4n) is 3.08. The summed E-state index contributed by atoms with van der Waals surface area (Å²) in [6.45, 7) is 6.39. The number of anilines is 1. The van der Waals surface area contributed by atoms with E-state index in [1.807, 2.05) is 13.0 Å². The van der Waals surface area contributed by atoms with Gasteiger partial charge in [0.05, 0.1) is 0 Å². The Morgan fingerprint density at radius 2 is 1.96 bits per heavy atom. The molecule has 1 saturated heterocycles. The number of aliphatic imine (C=N–C) groups is 1. The number of nitrogens with zero attached hydrogens (tertiary/aromatic N) is 3. The minimum Gasteiger partial charge on any atom is -0.382 e. The molecule has 0 bridgehead atoms. The molecule has 1 aliphatic heterocycles. The Hall–Kier alpha value is -2.28. The largest absolute Gasteiger partial charge is 0.382 e. The molecule has 7 heteroatoms. The maximum absolute atomic E-state index is 11.9. The zero-order valence-electron chi connectivity index (χ0n) is 17.5. The molecule has 1 aromatic carbocycles. The lowest BCUT2D eigenvalue weighted by Gasteiger charge is -2.34. The first-order valence-electron chi connectivity index (χ1n) is 10.2. The second-order valence-corrected chi connectivity index (χ2v) is 7.17. The Labute approximate surface area is 169 Å². The third kappa shape index (κ3) is 7.76. The maximum atomic E-state index is 11.9. The standard InChI is InChI=1S/C21H35N5O2/c1-4-28-16-8-13-22-21(23-17-20(27)25(2)3)24-18-11-14-26(15-12-18)19-9-6-5-7-10-19/h5-7,9-10,18H,4,8,11-17H2,1-3H3,(H2,22,23,24). The van der Waals surface area contributed by atoms with E-state index in [2.05, 4.69) is 44.8 Å². The first kappa shape index (κ1) is 22.0. The second kappa shape index (κ2) is 12.2. The number of para-hydroxylation sites is 1. The quantitative estimate of drug-likeness (QED) is 0.382. The summed E-state index contributed by atoms with van der Waals surface area (Å²) in [5, 5.41) is 6.85. The van der Waals surface area contributed by atoms with E-state index in [9.17, 15) is 4.79 Å². The van der Waals surface area contributed by atoms with Gasteiger partial charge in [-0.25, -0.2) is 4.99 Å². The number of carbonyl (C=O) groups is 1. The predicted molar refractivity (Wildman–Crippen MR) is 115 cm³/mol. The molecule has 0 aromatic heterocycles. The zero-order valence-corrected chi connectivity index (χ0v) is 17.5. The Kier molecular flexibility index (Phi) is 9.62. The molecular weight excluding hydrogens is 354 g/mol. The van der Waals surface area contributed by atoms with Crippen molar-refractivity contribution in [3.8, 4) is 0 Å². The molecule has 0 saturated carbocycles. The Bertz CT molecular complexity index is 598. The summed E-state index contributed by atoms with van der Waals surface area (Å²) in [5.74, 6) is 0.708. The van der Waals surface area contributed by atoms with Crippen LogP contribution in [0.15, 0.2) is 35.3 Å². The van der Waals surface area contributed by atoms with Gasteiger partial charge in [0.1, 0.15) is 6.54 Å². The van der Waals surface area contributed by atoms with Crippen LogP contribution in [0, 0.1) is 0 Å². The van der Waals surface area contributed by atoms with Gasteiger partial charge in [0.25, 0.3) is 0 Å². The van der Waals surface area contributed by atoms with Crippen LogP contribution in [-0.4, -0.2) is 76.3 Å². The lowest BCUT2D eigenvalue weighted by atomic mass is 10.0. The summed E-state index contributed by atoms with van der Waals surface area (Å²) < 4.78 is 5.38. The van der Waals surface area contributed by atoms with Gasteiger partial charge in [-0.2, -0.15) is 0 Å². The van der Waals surface area contributed by atoms with Crippen LogP contribution < -0.4 is 15.5 Å². The third-order valence-electron chi connectivity index (χ3n) is 4.79. The molecule has 0 unspecified atom stereocenters. The number of amides is 1. The lowest BCUT2D eigenvalue weighted by molar-refractivity contribution is -0.127. The van der Waals surface area contributed by atoms with E-state index in [4.69, 9.17) is 4.74 Å². The first-order valence-corrected chi connectivity index (χ1v) is 10.2. The van der Waals surface area contributed by atoms with Gasteiger partial charge < -0.3 is 25.2 Å². The first-order chi connectivity index (χ1) is 13.6. The highest BCUT2D eigenvalue weighted by Crippen LogP contribution is 2.19. The summed E-state index contributed by atoms with van der Waals surface area (Å²) >= 11 is 0. The molecule has 0 spiro atoms. The number of nitrogens with one attached hydrogen (secondary N) is 2. The van der Waals surface area contributed by atoms with E-state index in [1.54, 1.807) is 19.0 Å².